The summed E-state index contributed by atoms with van der Waals surface area (Å²) in [4.78, 5) is 40.7. The van der Waals surface area contributed by atoms with E-state index in [4.69, 9.17) is 0 Å². The molecule has 0 spiro atoms. The molecule has 2 aliphatic carbocycles. The van der Waals surface area contributed by atoms with Gasteiger partial charge in [0.2, 0.25) is 0 Å². The summed E-state index contributed by atoms with van der Waals surface area (Å²) >= 11 is 0. The molecule has 2 aliphatic heterocycles. The maximum absolute atomic E-state index is 13.6. The fourth-order valence-corrected chi connectivity index (χ4v) is 8.10. The van der Waals surface area contributed by atoms with Crippen molar-refractivity contribution in [1.82, 2.24) is 19.8 Å². The van der Waals surface area contributed by atoms with E-state index in [1.807, 2.05) is 88.6 Å². The first kappa shape index (κ1) is 34.6. The molecule has 0 bridgehead atoms. The maximum atomic E-state index is 13.6. The minimum atomic E-state index is -0.628. The number of hydrogen-bond acceptors (Lipinski definition) is 8. The molecule has 2 amide bonds. The number of carbonyl (C=O) groups excluding carboxylic acids is 2. The molecule has 0 radical (unpaired) electrons. The van der Waals surface area contributed by atoms with Crippen LogP contribution in [-0.2, 0) is 13.1 Å². The Hall–Kier alpha value is -4.48. The zero-order valence-corrected chi connectivity index (χ0v) is 30.5. The average Bonchev–Trinajstić information content (AvgIpc) is 4.00. The highest BCUT2D eigenvalue weighted by molar-refractivity contribution is 6.05. The number of pyridine rings is 2. The summed E-state index contributed by atoms with van der Waals surface area (Å²) in [5.74, 6) is 0.410. The molecular formula is C42H48N6O4. The number of nitrogens with zero attached hydrogens (tertiary/aromatic N) is 4. The predicted molar refractivity (Wildman–Crippen MR) is 201 cm³/mol. The fraction of sp³-hybridized carbons (Fsp3) is 0.429. The van der Waals surface area contributed by atoms with Crippen LogP contribution in [0.4, 0.5) is 11.4 Å². The molecule has 8 rings (SSSR count). The molecular weight excluding hydrogens is 652 g/mol. The number of amides is 2. The molecule has 2 aromatic heterocycles. The highest BCUT2D eigenvalue weighted by Gasteiger charge is 2.38. The topological polar surface area (TPSA) is 131 Å². The fourth-order valence-electron chi connectivity index (χ4n) is 8.10. The molecule has 4 heterocycles. The molecule has 0 atom stereocenters. The number of benzene rings is 2. The third-order valence-electron chi connectivity index (χ3n) is 11.0. The number of aromatic nitrogens is 2. The SMILES string of the molecule is Cc1c(NC(=O)c2cc(C3CC3)c(CN3CC(C)(O)C3)cn2)cccc1-c1cccc(NC(=O)c2cc(C3CC3)c(CN3CC(C)(O)C3)cn2)c1C. The van der Waals surface area contributed by atoms with Gasteiger partial charge in [-0.3, -0.25) is 29.4 Å². The van der Waals surface area contributed by atoms with Gasteiger partial charge in [0.1, 0.15) is 11.4 Å². The van der Waals surface area contributed by atoms with Crippen LogP contribution in [-0.4, -0.2) is 79.2 Å². The number of carbonyl (C=O) groups is 2. The molecule has 4 fully saturated rings. The van der Waals surface area contributed by atoms with Crippen molar-refractivity contribution in [3.05, 3.63) is 106 Å². The molecule has 2 saturated carbocycles. The van der Waals surface area contributed by atoms with Crippen LogP contribution < -0.4 is 10.6 Å². The molecule has 4 N–H and O–H groups in total. The number of β-amino-alcohol motifs (C(OH)–C–C–N with tert-alkyl or cyclic N) is 2. The summed E-state index contributed by atoms with van der Waals surface area (Å²) in [5.41, 5.74) is 9.33. The summed E-state index contributed by atoms with van der Waals surface area (Å²) in [5, 5.41) is 26.6. The van der Waals surface area contributed by atoms with E-state index in [-0.39, 0.29) is 11.8 Å². The van der Waals surface area contributed by atoms with Crippen molar-refractivity contribution in [2.24, 2.45) is 0 Å². The lowest BCUT2D eigenvalue weighted by Crippen LogP contribution is -2.59. The number of anilines is 2. The van der Waals surface area contributed by atoms with Gasteiger partial charge < -0.3 is 20.8 Å². The van der Waals surface area contributed by atoms with Crippen molar-refractivity contribution >= 4 is 23.2 Å². The predicted octanol–water partition coefficient (Wildman–Crippen LogP) is 6.15. The van der Waals surface area contributed by atoms with Crippen LogP contribution >= 0.6 is 0 Å². The standard InChI is InChI=1S/C42H48N6O4/c1-25-31(7-5-9-35(25)45-39(49)37-15-33(27-11-12-27)29(17-43-37)19-47-21-41(3,51)22-47)32-8-6-10-36(26(32)2)46-40(50)38-16-34(28-13-14-28)30(18-44-38)20-48-23-42(4,52)24-48/h5-10,15-18,27-28,51-52H,11-14,19-24H2,1-4H3,(H,45,49)(H,46,50). The largest absolute Gasteiger partial charge is 0.388 e. The lowest BCUT2D eigenvalue weighted by atomic mass is 9.94. The second-order valence-electron chi connectivity index (χ2n) is 16.2. The quantitative estimate of drug-likeness (QED) is 0.147. The zero-order chi connectivity index (χ0) is 36.4. The van der Waals surface area contributed by atoms with E-state index in [0.717, 1.165) is 72.2 Å². The minimum Gasteiger partial charge on any atom is -0.388 e. The number of rotatable bonds is 11. The van der Waals surface area contributed by atoms with Crippen molar-refractivity contribution < 1.29 is 19.8 Å². The average molecular weight is 701 g/mol. The maximum Gasteiger partial charge on any atom is 0.274 e. The monoisotopic (exact) mass is 700 g/mol. The number of nitrogens with one attached hydrogen (secondary N) is 2. The Morgan fingerprint density at radius 1 is 0.692 bits per heavy atom. The summed E-state index contributed by atoms with van der Waals surface area (Å²) in [6, 6.07) is 15.6. The van der Waals surface area contributed by atoms with Gasteiger partial charge in [-0.2, -0.15) is 0 Å². The summed E-state index contributed by atoms with van der Waals surface area (Å²) < 4.78 is 0. The Kier molecular flexibility index (Phi) is 8.77. The van der Waals surface area contributed by atoms with E-state index in [1.165, 1.54) is 11.1 Å². The lowest BCUT2D eigenvalue weighted by Gasteiger charge is -2.44. The molecule has 4 aliphatic rings. The van der Waals surface area contributed by atoms with E-state index < -0.39 is 11.2 Å². The second-order valence-corrected chi connectivity index (χ2v) is 16.2. The number of likely N-dealkylation sites (tertiary alicyclic amines) is 2. The van der Waals surface area contributed by atoms with Gasteiger partial charge in [0, 0.05) is 63.0 Å². The first-order valence-electron chi connectivity index (χ1n) is 18.5. The third-order valence-corrected chi connectivity index (χ3v) is 11.0. The number of aliphatic hydroxyl groups is 2. The molecule has 0 unspecified atom stereocenters. The molecule has 2 aromatic carbocycles. The van der Waals surface area contributed by atoms with Crippen LogP contribution in [0.3, 0.4) is 0 Å². The van der Waals surface area contributed by atoms with Gasteiger partial charge >= 0.3 is 0 Å². The Labute approximate surface area is 305 Å². The molecule has 52 heavy (non-hydrogen) atoms. The lowest BCUT2D eigenvalue weighted by molar-refractivity contribution is -0.0876. The molecule has 270 valence electrons. The second kappa shape index (κ2) is 13.2. The van der Waals surface area contributed by atoms with Crippen molar-refractivity contribution in [2.75, 3.05) is 36.8 Å². The van der Waals surface area contributed by atoms with Gasteiger partial charge in [-0.15, -0.1) is 0 Å². The van der Waals surface area contributed by atoms with Gasteiger partial charge in [-0.1, -0.05) is 24.3 Å². The van der Waals surface area contributed by atoms with Crippen molar-refractivity contribution in [3.8, 4) is 11.1 Å². The molecule has 2 saturated heterocycles. The minimum absolute atomic E-state index is 0.251. The molecule has 4 aromatic rings. The molecule has 10 heteroatoms. The van der Waals surface area contributed by atoms with Crippen LogP contribution in [0.1, 0.15) is 106 Å². The number of hydrogen-bond donors (Lipinski definition) is 4. The van der Waals surface area contributed by atoms with Crippen LogP contribution in [0, 0.1) is 13.8 Å². The van der Waals surface area contributed by atoms with Crippen molar-refractivity contribution in [3.63, 3.8) is 0 Å². The third kappa shape index (κ3) is 7.25. The Bertz CT molecular complexity index is 1900. The summed E-state index contributed by atoms with van der Waals surface area (Å²) in [7, 11) is 0. The van der Waals surface area contributed by atoms with Crippen LogP contribution in [0.5, 0.6) is 0 Å². The normalized spacial score (nSPS) is 19.4. The van der Waals surface area contributed by atoms with E-state index in [0.29, 0.717) is 60.8 Å². The molecule has 10 nitrogen and oxygen atoms in total. The Morgan fingerprint density at radius 2 is 1.08 bits per heavy atom. The first-order valence-corrected chi connectivity index (χ1v) is 18.5. The first-order chi connectivity index (χ1) is 24.8. The van der Waals surface area contributed by atoms with Crippen LogP contribution in [0.25, 0.3) is 11.1 Å². The van der Waals surface area contributed by atoms with Crippen LogP contribution in [0.15, 0.2) is 60.9 Å². The van der Waals surface area contributed by atoms with Gasteiger partial charge in [-0.05, 0) is 134 Å². The van der Waals surface area contributed by atoms with Gasteiger partial charge in [0.15, 0.2) is 0 Å². The van der Waals surface area contributed by atoms with Gasteiger partial charge in [0.05, 0.1) is 11.2 Å². The highest BCUT2D eigenvalue weighted by Crippen LogP contribution is 2.44. The Balaban J connectivity index is 0.974. The van der Waals surface area contributed by atoms with Gasteiger partial charge in [-0.25, -0.2) is 0 Å². The van der Waals surface area contributed by atoms with Gasteiger partial charge in [0.25, 0.3) is 11.8 Å². The van der Waals surface area contributed by atoms with Crippen molar-refractivity contribution in [2.45, 2.75) is 89.5 Å². The summed E-state index contributed by atoms with van der Waals surface area (Å²) in [6.45, 7) is 11.7. The zero-order valence-electron chi connectivity index (χ0n) is 30.5. The van der Waals surface area contributed by atoms with Crippen molar-refractivity contribution in [1.29, 1.82) is 0 Å². The summed E-state index contributed by atoms with van der Waals surface area (Å²) in [6.07, 6.45) is 8.13. The highest BCUT2D eigenvalue weighted by atomic mass is 16.3. The van der Waals surface area contributed by atoms with E-state index in [1.54, 1.807) is 0 Å². The Morgan fingerprint density at radius 3 is 1.42 bits per heavy atom. The smallest absolute Gasteiger partial charge is 0.274 e. The van der Waals surface area contributed by atoms with E-state index in [2.05, 4.69) is 30.4 Å². The van der Waals surface area contributed by atoms with E-state index >= 15 is 0 Å². The van der Waals surface area contributed by atoms with E-state index in [9.17, 15) is 19.8 Å². The van der Waals surface area contributed by atoms with Crippen LogP contribution in [0.2, 0.25) is 0 Å².